The number of anilines is 1. The predicted octanol–water partition coefficient (Wildman–Crippen LogP) is 24.5. The Bertz CT molecular complexity index is 2810. The van der Waals surface area contributed by atoms with Gasteiger partial charge in [-0.25, -0.2) is 0 Å². The van der Waals surface area contributed by atoms with Gasteiger partial charge < -0.3 is 33.3 Å². The molecule has 8 nitrogen and oxygen atoms in total. The molecule has 8 heteroatoms. The van der Waals surface area contributed by atoms with E-state index in [1.807, 2.05) is 24.3 Å². The molecule has 0 spiro atoms. The van der Waals surface area contributed by atoms with Crippen LogP contribution in [0.5, 0.6) is 34.5 Å². The lowest BCUT2D eigenvalue weighted by Gasteiger charge is -2.24. The summed E-state index contributed by atoms with van der Waals surface area (Å²) in [6, 6.07) is 20.7. The van der Waals surface area contributed by atoms with Gasteiger partial charge in [-0.15, -0.1) is 0 Å². The van der Waals surface area contributed by atoms with Crippen molar-refractivity contribution in [1.82, 2.24) is 0 Å². The molecule has 95 heavy (non-hydrogen) atoms. The second-order valence-corrected chi connectivity index (χ2v) is 26.4. The molecule has 0 radical (unpaired) electrons. The van der Waals surface area contributed by atoms with E-state index in [0.29, 0.717) is 90.8 Å². The zero-order chi connectivity index (χ0) is 67.9. The molecule has 0 unspecified atom stereocenters. The Morgan fingerprint density at radius 3 is 0.779 bits per heavy atom. The number of carbonyl (C=O) groups excluding carboxylic acids is 1. The molecule has 0 aromatic heterocycles. The molecular weight excluding hydrogens is 1170 g/mol. The molecule has 4 rings (SSSR count). The zero-order valence-electron chi connectivity index (χ0n) is 61.6. The Labute approximate surface area is 581 Å². The number of carbonyl (C=O) groups is 1. The molecule has 0 aliphatic heterocycles. The molecule has 0 fully saturated rings. The highest BCUT2D eigenvalue weighted by molar-refractivity contribution is 5.81. The molecule has 0 aliphatic carbocycles. The highest BCUT2D eigenvalue weighted by Gasteiger charge is 2.17. The van der Waals surface area contributed by atoms with E-state index in [-0.39, 0.29) is 0 Å². The molecule has 0 saturated heterocycles. The molecule has 0 heterocycles. The van der Waals surface area contributed by atoms with E-state index >= 15 is 0 Å². The topological polar surface area (TPSA) is 75.7 Å². The number of benzene rings is 4. The van der Waals surface area contributed by atoms with Gasteiger partial charge in [-0.05, 0) is 81.7 Å². The van der Waals surface area contributed by atoms with Gasteiger partial charge in [0.1, 0.15) is 34.5 Å². The van der Waals surface area contributed by atoms with E-state index < -0.39 is 0 Å². The number of hydrogen-bond acceptors (Lipinski definition) is 8. The molecule has 0 N–H and O–H groups in total. The third-order valence-corrected chi connectivity index (χ3v) is 17.7. The van der Waals surface area contributed by atoms with Crippen molar-refractivity contribution in [2.75, 3.05) is 57.6 Å². The van der Waals surface area contributed by atoms with Gasteiger partial charge in [0.2, 0.25) is 0 Å². The van der Waals surface area contributed by atoms with Gasteiger partial charge >= 0.3 is 0 Å². The van der Waals surface area contributed by atoms with E-state index in [9.17, 15) is 4.79 Å². The van der Waals surface area contributed by atoms with Crippen molar-refractivity contribution in [3.8, 4) is 70.0 Å². The number of rotatable bonds is 56. The van der Waals surface area contributed by atoms with Crippen LogP contribution in [0.25, 0.3) is 0 Å². The standard InChI is InChI=1S/C87H131NO7/c1-9-17-25-31-37-43-61-90-82-68-76(83(91-62-44-38-32-26-18-10-2)67-75(82)52-49-74-50-57-81(58-51-74)88(59-23-15-7)60-24-16-8)53-54-77-69-85(93-64-46-40-34-28-20-12-4)78(70-84(77)92-63-45-39-33-27-19-11-3)55-56-79-71-87(95-66-48-42-36-30-22-14-6)80(73-89)72-86(79)94-65-47-41-35-29-21-13-5/h50-51,57-58,67-73H,9-48,59-66H2,1-8H3. The van der Waals surface area contributed by atoms with E-state index in [2.05, 4.69) is 132 Å². The van der Waals surface area contributed by atoms with Crippen LogP contribution in [-0.2, 0) is 0 Å². The first-order valence-corrected chi connectivity index (χ1v) is 39.0. The Hall–Kier alpha value is -6.17. The molecule has 4 aromatic rings. The maximum absolute atomic E-state index is 12.7. The minimum absolute atomic E-state index is 0.471. The van der Waals surface area contributed by atoms with Crippen molar-refractivity contribution in [2.24, 2.45) is 0 Å². The lowest BCUT2D eigenvalue weighted by Crippen LogP contribution is -2.25. The smallest absolute Gasteiger partial charge is 0.153 e. The minimum atomic E-state index is 0.471. The fraction of sp³-hybridized carbons (Fsp3) is 0.644. The van der Waals surface area contributed by atoms with Gasteiger partial charge in [0, 0.05) is 54.7 Å². The van der Waals surface area contributed by atoms with Crippen LogP contribution < -0.4 is 33.3 Å². The van der Waals surface area contributed by atoms with Crippen molar-refractivity contribution in [2.45, 2.75) is 312 Å². The van der Waals surface area contributed by atoms with Gasteiger partial charge in [-0.1, -0.05) is 296 Å². The summed E-state index contributed by atoms with van der Waals surface area (Å²) in [6.07, 6.45) is 47.1. The number of ether oxygens (including phenoxy) is 6. The van der Waals surface area contributed by atoms with E-state index in [4.69, 9.17) is 28.4 Å². The summed E-state index contributed by atoms with van der Waals surface area (Å²) in [5, 5.41) is 0. The molecule has 4 aromatic carbocycles. The van der Waals surface area contributed by atoms with Crippen LogP contribution in [-0.4, -0.2) is 59.0 Å². The summed E-state index contributed by atoms with van der Waals surface area (Å²) in [5.74, 6) is 25.3. The minimum Gasteiger partial charge on any atom is -0.493 e. The van der Waals surface area contributed by atoms with Gasteiger partial charge in [0.25, 0.3) is 0 Å². The van der Waals surface area contributed by atoms with Crippen LogP contribution >= 0.6 is 0 Å². The monoisotopic (exact) mass is 1300 g/mol. The summed E-state index contributed by atoms with van der Waals surface area (Å²) in [6.45, 7) is 23.5. The fourth-order valence-corrected chi connectivity index (χ4v) is 11.6. The normalized spacial score (nSPS) is 10.9. The van der Waals surface area contributed by atoms with Crippen LogP contribution in [0.15, 0.2) is 60.7 Å². The largest absolute Gasteiger partial charge is 0.493 e. The first-order valence-electron chi connectivity index (χ1n) is 39.0. The first-order chi connectivity index (χ1) is 46.9. The Morgan fingerprint density at radius 1 is 0.274 bits per heavy atom. The van der Waals surface area contributed by atoms with Crippen LogP contribution in [0.4, 0.5) is 5.69 Å². The highest BCUT2D eigenvalue weighted by Crippen LogP contribution is 2.34. The molecule has 0 saturated carbocycles. The zero-order valence-corrected chi connectivity index (χ0v) is 61.6. The number of aldehydes is 1. The van der Waals surface area contributed by atoms with Gasteiger partial charge in [0.15, 0.2) is 6.29 Å². The third kappa shape index (κ3) is 35.6. The van der Waals surface area contributed by atoms with Crippen LogP contribution in [0, 0.1) is 35.5 Å². The van der Waals surface area contributed by atoms with Gasteiger partial charge in [-0.3, -0.25) is 4.79 Å². The average Bonchev–Trinajstić information content (AvgIpc) is 1.000. The summed E-state index contributed by atoms with van der Waals surface area (Å²) in [5.41, 5.74) is 6.30. The highest BCUT2D eigenvalue weighted by atomic mass is 16.5. The maximum Gasteiger partial charge on any atom is 0.153 e. The molecule has 526 valence electrons. The van der Waals surface area contributed by atoms with E-state index in [0.717, 1.165) is 119 Å². The van der Waals surface area contributed by atoms with Crippen LogP contribution in [0.1, 0.15) is 356 Å². The fourth-order valence-electron chi connectivity index (χ4n) is 11.6. The third-order valence-electron chi connectivity index (χ3n) is 17.7. The number of hydrogen-bond donors (Lipinski definition) is 0. The van der Waals surface area contributed by atoms with Crippen molar-refractivity contribution >= 4 is 12.0 Å². The summed E-state index contributed by atoms with van der Waals surface area (Å²) in [4.78, 5) is 15.3. The van der Waals surface area contributed by atoms with E-state index in [1.165, 1.54) is 185 Å². The van der Waals surface area contributed by atoms with Gasteiger partial charge in [-0.2, -0.15) is 0 Å². The molecule has 0 bridgehead atoms. The van der Waals surface area contributed by atoms with Crippen LogP contribution in [0.2, 0.25) is 0 Å². The summed E-state index contributed by atoms with van der Waals surface area (Å²) in [7, 11) is 0. The first kappa shape index (κ1) is 81.3. The Balaban J connectivity index is 1.94. The van der Waals surface area contributed by atoms with Crippen LogP contribution in [0.3, 0.4) is 0 Å². The Morgan fingerprint density at radius 2 is 0.505 bits per heavy atom. The maximum atomic E-state index is 12.7. The average molecular weight is 1300 g/mol. The number of nitrogens with zero attached hydrogens (tertiary/aromatic N) is 1. The van der Waals surface area contributed by atoms with Crippen molar-refractivity contribution in [3.63, 3.8) is 0 Å². The van der Waals surface area contributed by atoms with Crippen molar-refractivity contribution in [1.29, 1.82) is 0 Å². The second kappa shape index (κ2) is 54.9. The summed E-state index contributed by atoms with van der Waals surface area (Å²) < 4.78 is 40.2. The quantitative estimate of drug-likeness (QED) is 0.0246. The summed E-state index contributed by atoms with van der Waals surface area (Å²) >= 11 is 0. The SMILES string of the molecule is CCCCCCCCOc1cc(C#Cc2cc(OCCCCCCCC)c(C#Cc3cc(OCCCCCCCC)c(C=O)cc3OCCCCCCCC)cc2OCCCCCCCC)c(OCCCCCCCC)cc1C#Cc1ccc(N(CCCC)CCCC)cc1. The molecule has 0 amide bonds. The molecule has 0 atom stereocenters. The predicted molar refractivity (Wildman–Crippen MR) is 404 cm³/mol. The molecule has 0 aliphatic rings. The second-order valence-electron chi connectivity index (χ2n) is 26.4. The lowest BCUT2D eigenvalue weighted by molar-refractivity contribution is 0.111. The van der Waals surface area contributed by atoms with Gasteiger partial charge in [0.05, 0.1) is 73.0 Å². The van der Waals surface area contributed by atoms with Crippen molar-refractivity contribution < 1.29 is 33.2 Å². The van der Waals surface area contributed by atoms with E-state index in [1.54, 1.807) is 0 Å². The number of unbranched alkanes of at least 4 members (excludes halogenated alkanes) is 32. The Kier molecular flexibility index (Phi) is 47.0. The van der Waals surface area contributed by atoms with Crippen molar-refractivity contribution in [3.05, 3.63) is 99.6 Å². The molecular formula is C87H131NO7. The lowest BCUT2D eigenvalue weighted by atomic mass is 10.0.